The van der Waals surface area contributed by atoms with E-state index in [2.05, 4.69) is 9.47 Å². The normalized spacial score (nSPS) is 12.8. The number of halogens is 6. The number of nitrogens with two attached hydrogens (primary N) is 1. The number of hydrogen-bond acceptors (Lipinski definition) is 4. The minimum absolute atomic E-state index is 0.129. The summed E-state index contributed by atoms with van der Waals surface area (Å²) in [6.45, 7) is 3.94. The lowest BCUT2D eigenvalue weighted by Crippen LogP contribution is -2.56. The van der Waals surface area contributed by atoms with Crippen LogP contribution >= 0.6 is 0 Å². The minimum Gasteiger partial charge on any atom is -0.457 e. The van der Waals surface area contributed by atoms with E-state index in [-0.39, 0.29) is 29.7 Å². The van der Waals surface area contributed by atoms with Gasteiger partial charge in [0.25, 0.3) is 5.60 Å². The van der Waals surface area contributed by atoms with Crippen LogP contribution in [0, 0.1) is 6.92 Å². The Morgan fingerprint density at radius 1 is 0.909 bits per heavy atom. The number of aryl methyl sites for hydroxylation is 3. The molecule has 4 nitrogen and oxygen atoms in total. The first-order valence-corrected chi connectivity index (χ1v) is 10.3. The monoisotopic (exact) mass is 479 g/mol. The number of anilines is 1. The molecule has 184 valence electrons. The Balaban J connectivity index is 2.77. The maximum atomic E-state index is 14.0. The minimum atomic E-state index is -5.80. The van der Waals surface area contributed by atoms with Gasteiger partial charge in [-0.05, 0) is 66.8 Å². The van der Waals surface area contributed by atoms with Crippen LogP contribution in [0.1, 0.15) is 42.5 Å². The summed E-state index contributed by atoms with van der Waals surface area (Å²) in [4.78, 5) is 0. The topological polar surface area (TPSA) is 53.7 Å². The van der Waals surface area contributed by atoms with E-state index in [1.54, 1.807) is 39.0 Å². The average Bonchev–Trinajstić information content (AvgIpc) is 2.70. The first-order valence-electron chi connectivity index (χ1n) is 10.3. The lowest BCUT2D eigenvalue weighted by molar-refractivity contribution is -0.400. The average molecular weight is 479 g/mol. The van der Waals surface area contributed by atoms with Crippen molar-refractivity contribution in [2.75, 3.05) is 19.6 Å². The predicted octanol–water partition coefficient (Wildman–Crippen LogP) is 6.82. The Morgan fingerprint density at radius 2 is 1.52 bits per heavy atom. The molecular weight excluding hydrogens is 452 g/mol. The summed E-state index contributed by atoms with van der Waals surface area (Å²) in [6, 6.07) is 6.55. The van der Waals surface area contributed by atoms with Crippen LogP contribution in [0.4, 0.5) is 32.0 Å². The summed E-state index contributed by atoms with van der Waals surface area (Å²) in [6.07, 6.45) is -10.8. The van der Waals surface area contributed by atoms with E-state index < -0.39 is 30.3 Å². The Labute approximate surface area is 188 Å². The second-order valence-electron chi connectivity index (χ2n) is 7.58. The van der Waals surface area contributed by atoms with Crippen LogP contribution in [-0.4, -0.2) is 26.3 Å². The van der Waals surface area contributed by atoms with Gasteiger partial charge in [-0.2, -0.15) is 26.3 Å². The molecule has 0 fully saturated rings. The molecule has 0 saturated heterocycles. The van der Waals surface area contributed by atoms with E-state index in [9.17, 15) is 26.3 Å². The van der Waals surface area contributed by atoms with Gasteiger partial charge in [-0.15, -0.1) is 0 Å². The largest absolute Gasteiger partial charge is 0.457 e. The molecule has 0 heterocycles. The van der Waals surface area contributed by atoms with E-state index >= 15 is 0 Å². The third-order valence-electron chi connectivity index (χ3n) is 5.20. The third kappa shape index (κ3) is 5.38. The predicted molar refractivity (Wildman–Crippen MR) is 112 cm³/mol. The first kappa shape index (κ1) is 26.8. The van der Waals surface area contributed by atoms with Crippen LogP contribution in [0.3, 0.4) is 0 Å². The second kappa shape index (κ2) is 10.2. The van der Waals surface area contributed by atoms with Crippen LogP contribution in [0.15, 0.2) is 30.3 Å². The molecule has 0 aliphatic rings. The number of benzene rings is 2. The van der Waals surface area contributed by atoms with Crippen LogP contribution in [-0.2, 0) is 27.9 Å². The Morgan fingerprint density at radius 3 is 2.00 bits per heavy atom. The van der Waals surface area contributed by atoms with E-state index in [0.717, 1.165) is 24.8 Å². The van der Waals surface area contributed by atoms with Gasteiger partial charge < -0.3 is 19.9 Å². The lowest BCUT2D eigenvalue weighted by atomic mass is 9.87. The number of hydrogen-bond donors (Lipinski definition) is 1. The fourth-order valence-electron chi connectivity index (χ4n) is 3.52. The van der Waals surface area contributed by atoms with Crippen molar-refractivity contribution >= 4 is 5.69 Å². The molecule has 0 aromatic heterocycles. The third-order valence-corrected chi connectivity index (χ3v) is 5.20. The van der Waals surface area contributed by atoms with Crippen molar-refractivity contribution in [3.63, 3.8) is 0 Å². The fraction of sp³-hybridized carbons (Fsp3) is 0.478. The Bertz CT molecular complexity index is 942. The van der Waals surface area contributed by atoms with Crippen molar-refractivity contribution in [2.24, 2.45) is 0 Å². The standard InChI is InChI=1S/C23H27F6NO3/c1-5-7-16-12-17(21(22(24,25)26,23(27,28)29)32-13-31-4)11-15(6-2)20(16)33-18-8-9-19(30)14(3)10-18/h8-12H,5-7,13,30H2,1-4H3. The number of ether oxygens (including phenoxy) is 3. The molecule has 0 radical (unpaired) electrons. The summed E-state index contributed by atoms with van der Waals surface area (Å²) >= 11 is 0. The number of rotatable bonds is 9. The van der Waals surface area contributed by atoms with Crippen molar-refractivity contribution in [2.45, 2.75) is 58.0 Å². The molecule has 10 heteroatoms. The highest BCUT2D eigenvalue weighted by atomic mass is 19.4. The van der Waals surface area contributed by atoms with Gasteiger partial charge >= 0.3 is 12.4 Å². The van der Waals surface area contributed by atoms with Crippen LogP contribution < -0.4 is 10.5 Å². The number of methoxy groups -OCH3 is 1. The van der Waals surface area contributed by atoms with Gasteiger partial charge in [-0.3, -0.25) is 0 Å². The summed E-state index contributed by atoms with van der Waals surface area (Å²) in [5.74, 6) is 0.590. The molecule has 33 heavy (non-hydrogen) atoms. The molecule has 0 saturated carbocycles. The summed E-state index contributed by atoms with van der Waals surface area (Å²) in [5.41, 5.74) is 1.83. The summed E-state index contributed by atoms with van der Waals surface area (Å²) in [5, 5.41) is 0. The van der Waals surface area contributed by atoms with Crippen LogP contribution in [0.2, 0.25) is 0 Å². The van der Waals surface area contributed by atoms with Gasteiger partial charge in [0, 0.05) is 18.4 Å². The number of nitrogen functional groups attached to an aromatic ring is 1. The lowest BCUT2D eigenvalue weighted by Gasteiger charge is -2.37. The van der Waals surface area contributed by atoms with Crippen molar-refractivity contribution in [3.8, 4) is 11.5 Å². The smallest absolute Gasteiger partial charge is 0.430 e. The van der Waals surface area contributed by atoms with Gasteiger partial charge in [-0.25, -0.2) is 0 Å². The number of alkyl halides is 6. The maximum absolute atomic E-state index is 14.0. The van der Waals surface area contributed by atoms with E-state index in [0.29, 0.717) is 17.9 Å². The van der Waals surface area contributed by atoms with Crippen molar-refractivity contribution in [1.82, 2.24) is 0 Å². The summed E-state index contributed by atoms with van der Waals surface area (Å²) < 4.78 is 98.9. The van der Waals surface area contributed by atoms with Gasteiger partial charge in [0.15, 0.2) is 0 Å². The summed E-state index contributed by atoms with van der Waals surface area (Å²) in [7, 11) is 0.947. The highest BCUT2D eigenvalue weighted by Gasteiger charge is 2.73. The Hall–Kier alpha value is -2.46. The molecule has 0 unspecified atom stereocenters. The maximum Gasteiger partial charge on any atom is 0.430 e. The van der Waals surface area contributed by atoms with E-state index in [1.165, 1.54) is 0 Å². The first-order chi connectivity index (χ1) is 15.3. The molecule has 0 aliphatic carbocycles. The second-order valence-corrected chi connectivity index (χ2v) is 7.58. The molecular formula is C23H27F6NO3. The highest BCUT2D eigenvalue weighted by molar-refractivity contribution is 5.53. The molecule has 2 aromatic carbocycles. The molecule has 2 aromatic rings. The van der Waals surface area contributed by atoms with E-state index in [1.807, 2.05) is 0 Å². The zero-order chi connectivity index (χ0) is 25.0. The molecule has 2 N–H and O–H groups in total. The van der Waals surface area contributed by atoms with Gasteiger partial charge in [0.05, 0.1) is 0 Å². The van der Waals surface area contributed by atoms with Crippen molar-refractivity contribution < 1.29 is 40.6 Å². The van der Waals surface area contributed by atoms with Gasteiger partial charge in [0.1, 0.15) is 18.3 Å². The molecule has 2 rings (SSSR count). The van der Waals surface area contributed by atoms with Gasteiger partial charge in [0.2, 0.25) is 0 Å². The highest BCUT2D eigenvalue weighted by Crippen LogP contribution is 2.54. The van der Waals surface area contributed by atoms with Crippen LogP contribution in [0.25, 0.3) is 0 Å². The van der Waals surface area contributed by atoms with Crippen molar-refractivity contribution in [1.29, 1.82) is 0 Å². The zero-order valence-electron chi connectivity index (χ0n) is 18.8. The van der Waals surface area contributed by atoms with Crippen molar-refractivity contribution in [3.05, 3.63) is 52.6 Å². The molecule has 0 bridgehead atoms. The fourth-order valence-corrected chi connectivity index (χ4v) is 3.52. The molecule has 0 aliphatic heterocycles. The molecule has 0 amide bonds. The molecule has 0 spiro atoms. The Kier molecular flexibility index (Phi) is 8.29. The SMILES string of the molecule is CCCc1cc(C(OCOC)(C(F)(F)F)C(F)(F)F)cc(CC)c1Oc1ccc(N)c(C)c1. The zero-order valence-corrected chi connectivity index (χ0v) is 18.8. The van der Waals surface area contributed by atoms with Crippen LogP contribution in [0.5, 0.6) is 11.5 Å². The molecule has 0 atom stereocenters. The van der Waals surface area contributed by atoms with E-state index in [4.69, 9.17) is 10.5 Å². The quantitative estimate of drug-likeness (QED) is 0.244. The van der Waals surface area contributed by atoms with Gasteiger partial charge in [-0.1, -0.05) is 20.3 Å².